The maximum atomic E-state index is 11.0. The third-order valence-electron chi connectivity index (χ3n) is 2.41. The number of nitriles is 1. The molecule has 0 spiro atoms. The van der Waals surface area contributed by atoms with Gasteiger partial charge in [-0.3, -0.25) is 4.79 Å². The summed E-state index contributed by atoms with van der Waals surface area (Å²) < 4.78 is 1.56. The number of hydrogen-bond donors (Lipinski definition) is 1. The lowest BCUT2D eigenvalue weighted by atomic mass is 10.2. The maximum Gasteiger partial charge on any atom is 0.221 e. The molecule has 0 saturated carbocycles. The lowest BCUT2D eigenvalue weighted by Crippen LogP contribution is -2.07. The normalized spacial score (nSPS) is 9.83. The van der Waals surface area contributed by atoms with Crippen molar-refractivity contribution in [1.29, 1.82) is 5.26 Å². The second kappa shape index (κ2) is 4.67. The van der Waals surface area contributed by atoms with Gasteiger partial charge in [-0.2, -0.15) is 5.26 Å². The highest BCUT2D eigenvalue weighted by molar-refractivity contribution is 5.88. The van der Waals surface area contributed by atoms with Gasteiger partial charge in [0.15, 0.2) is 5.69 Å². The first-order chi connectivity index (χ1) is 8.61. The van der Waals surface area contributed by atoms with E-state index in [1.165, 1.54) is 6.92 Å². The van der Waals surface area contributed by atoms with E-state index in [0.717, 1.165) is 5.69 Å². The van der Waals surface area contributed by atoms with Crippen LogP contribution in [0.25, 0.3) is 5.69 Å². The Kier molecular flexibility index (Phi) is 3.06. The number of carbonyl (C=O) groups excluding carboxylic acids is 1. The molecule has 0 aliphatic carbocycles. The average molecular weight is 241 g/mol. The number of carbonyl (C=O) groups is 1. The molecule has 0 atom stereocenters. The summed E-state index contributed by atoms with van der Waals surface area (Å²) in [6, 6.07) is 9.14. The highest BCUT2D eigenvalue weighted by Crippen LogP contribution is 2.16. The summed E-state index contributed by atoms with van der Waals surface area (Å²) in [5.41, 5.74) is 2.37. The third kappa shape index (κ3) is 2.20. The molecule has 0 saturated heterocycles. The number of benzene rings is 1. The molecule has 2 rings (SSSR count). The number of nitrogens with zero attached hydrogens (tertiary/aromatic N) is 4. The fourth-order valence-electron chi connectivity index (χ4n) is 1.60. The monoisotopic (exact) mass is 241 g/mol. The molecular formula is C12H11N5O. The molecule has 1 N–H and O–H groups in total. The predicted molar refractivity (Wildman–Crippen MR) is 65.1 cm³/mol. The van der Waals surface area contributed by atoms with E-state index in [-0.39, 0.29) is 5.91 Å². The fourth-order valence-corrected chi connectivity index (χ4v) is 1.60. The summed E-state index contributed by atoms with van der Waals surface area (Å²) >= 11 is 0. The Balaban J connectivity index is 2.42. The largest absolute Gasteiger partial charge is 0.326 e. The Labute approximate surface area is 104 Å². The number of nitrogens with one attached hydrogen (secondary N) is 1. The van der Waals surface area contributed by atoms with Gasteiger partial charge in [-0.1, -0.05) is 11.3 Å². The van der Waals surface area contributed by atoms with E-state index in [2.05, 4.69) is 15.6 Å². The number of rotatable bonds is 2. The van der Waals surface area contributed by atoms with Crippen LogP contribution in [0.15, 0.2) is 24.3 Å². The van der Waals surface area contributed by atoms with E-state index in [0.29, 0.717) is 17.1 Å². The highest BCUT2D eigenvalue weighted by atomic mass is 16.1. The first-order valence-electron chi connectivity index (χ1n) is 5.32. The minimum atomic E-state index is -0.139. The van der Waals surface area contributed by atoms with Crippen molar-refractivity contribution in [2.24, 2.45) is 0 Å². The van der Waals surface area contributed by atoms with E-state index in [4.69, 9.17) is 5.26 Å². The topological polar surface area (TPSA) is 83.6 Å². The molecule has 0 aliphatic heterocycles. The Hall–Kier alpha value is -2.68. The minimum Gasteiger partial charge on any atom is -0.326 e. The Bertz CT molecular complexity index is 638. The van der Waals surface area contributed by atoms with Gasteiger partial charge in [-0.25, -0.2) is 4.68 Å². The van der Waals surface area contributed by atoms with Gasteiger partial charge in [-0.15, -0.1) is 5.10 Å². The van der Waals surface area contributed by atoms with E-state index < -0.39 is 0 Å². The van der Waals surface area contributed by atoms with Gasteiger partial charge in [0, 0.05) is 12.6 Å². The lowest BCUT2D eigenvalue weighted by molar-refractivity contribution is -0.114. The smallest absolute Gasteiger partial charge is 0.221 e. The van der Waals surface area contributed by atoms with Crippen LogP contribution >= 0.6 is 0 Å². The van der Waals surface area contributed by atoms with Crippen LogP contribution in [0.3, 0.4) is 0 Å². The molecule has 90 valence electrons. The summed E-state index contributed by atoms with van der Waals surface area (Å²) in [5, 5.41) is 19.2. The second-order valence-electron chi connectivity index (χ2n) is 3.78. The van der Waals surface area contributed by atoms with Crippen LogP contribution < -0.4 is 5.32 Å². The minimum absolute atomic E-state index is 0.139. The van der Waals surface area contributed by atoms with Crippen molar-refractivity contribution in [1.82, 2.24) is 15.0 Å². The Morgan fingerprint density at radius 1 is 1.50 bits per heavy atom. The second-order valence-corrected chi connectivity index (χ2v) is 3.78. The van der Waals surface area contributed by atoms with Crippen LogP contribution in [0.1, 0.15) is 18.3 Å². The molecule has 2 aromatic rings. The van der Waals surface area contributed by atoms with Crippen LogP contribution in [-0.4, -0.2) is 20.9 Å². The Morgan fingerprint density at radius 3 is 2.89 bits per heavy atom. The SMILES string of the molecule is CC(=O)Nc1cccc(-n2nnc(C#N)c2C)c1. The van der Waals surface area contributed by atoms with Gasteiger partial charge in [-0.05, 0) is 25.1 Å². The van der Waals surface area contributed by atoms with Crippen molar-refractivity contribution in [3.05, 3.63) is 35.7 Å². The van der Waals surface area contributed by atoms with Crippen LogP contribution in [0.5, 0.6) is 0 Å². The van der Waals surface area contributed by atoms with E-state index in [1.54, 1.807) is 29.8 Å². The summed E-state index contributed by atoms with van der Waals surface area (Å²) in [4.78, 5) is 11.0. The van der Waals surface area contributed by atoms with Crippen LogP contribution in [0.2, 0.25) is 0 Å². The number of anilines is 1. The zero-order valence-corrected chi connectivity index (χ0v) is 10.0. The molecular weight excluding hydrogens is 230 g/mol. The van der Waals surface area contributed by atoms with Gasteiger partial charge in [0.25, 0.3) is 0 Å². The van der Waals surface area contributed by atoms with Gasteiger partial charge >= 0.3 is 0 Å². The summed E-state index contributed by atoms with van der Waals surface area (Å²) in [7, 11) is 0. The zero-order chi connectivity index (χ0) is 13.1. The molecule has 0 aliphatic rings. The quantitative estimate of drug-likeness (QED) is 0.861. The van der Waals surface area contributed by atoms with Gasteiger partial charge < -0.3 is 5.32 Å². The number of aromatic nitrogens is 3. The molecule has 1 aromatic carbocycles. The lowest BCUT2D eigenvalue weighted by Gasteiger charge is -2.06. The standard InChI is InChI=1S/C12H11N5O/c1-8-12(7-13)15-16-17(8)11-5-3-4-10(6-11)14-9(2)18/h3-6H,1-2H3,(H,14,18). The van der Waals surface area contributed by atoms with Crippen LogP contribution in [0.4, 0.5) is 5.69 Å². The van der Waals surface area contributed by atoms with E-state index in [1.807, 2.05) is 12.1 Å². The summed E-state index contributed by atoms with van der Waals surface area (Å²) in [5.74, 6) is -0.139. The van der Waals surface area contributed by atoms with Crippen LogP contribution in [0, 0.1) is 18.3 Å². The van der Waals surface area contributed by atoms with Crippen molar-refractivity contribution < 1.29 is 4.79 Å². The molecule has 0 unspecified atom stereocenters. The molecule has 0 radical (unpaired) electrons. The van der Waals surface area contributed by atoms with Gasteiger partial charge in [0.05, 0.1) is 11.4 Å². The molecule has 0 bridgehead atoms. The molecule has 6 heteroatoms. The first-order valence-corrected chi connectivity index (χ1v) is 5.32. The molecule has 18 heavy (non-hydrogen) atoms. The van der Waals surface area contributed by atoms with Crippen LogP contribution in [-0.2, 0) is 4.79 Å². The Morgan fingerprint density at radius 2 is 2.28 bits per heavy atom. The molecule has 1 aromatic heterocycles. The van der Waals surface area contributed by atoms with E-state index >= 15 is 0 Å². The molecule has 1 amide bonds. The number of amides is 1. The van der Waals surface area contributed by atoms with Crippen molar-refractivity contribution in [2.75, 3.05) is 5.32 Å². The highest BCUT2D eigenvalue weighted by Gasteiger charge is 2.09. The third-order valence-corrected chi connectivity index (χ3v) is 2.41. The predicted octanol–water partition coefficient (Wildman–Crippen LogP) is 1.41. The van der Waals surface area contributed by atoms with E-state index in [9.17, 15) is 4.79 Å². The van der Waals surface area contributed by atoms with Gasteiger partial charge in [0.1, 0.15) is 6.07 Å². The van der Waals surface area contributed by atoms with Crippen molar-refractivity contribution in [3.8, 4) is 11.8 Å². The van der Waals surface area contributed by atoms with Crippen molar-refractivity contribution >= 4 is 11.6 Å². The average Bonchev–Trinajstić information content (AvgIpc) is 2.70. The van der Waals surface area contributed by atoms with Crippen molar-refractivity contribution in [2.45, 2.75) is 13.8 Å². The van der Waals surface area contributed by atoms with Gasteiger partial charge in [0.2, 0.25) is 5.91 Å². The molecule has 0 fully saturated rings. The zero-order valence-electron chi connectivity index (χ0n) is 10.0. The maximum absolute atomic E-state index is 11.0. The fraction of sp³-hybridized carbons (Fsp3) is 0.167. The summed E-state index contributed by atoms with van der Waals surface area (Å²) in [6.07, 6.45) is 0. The molecule has 1 heterocycles. The van der Waals surface area contributed by atoms with Crippen molar-refractivity contribution in [3.63, 3.8) is 0 Å². The number of hydrogen-bond acceptors (Lipinski definition) is 4. The molecule has 6 nitrogen and oxygen atoms in total. The summed E-state index contributed by atoms with van der Waals surface area (Å²) in [6.45, 7) is 3.21. The first kappa shape index (κ1) is 11.8.